The molecule has 0 aliphatic carbocycles. The minimum absolute atomic E-state index is 0.170. The van der Waals surface area contributed by atoms with Gasteiger partial charge in [-0.05, 0) is 56.6 Å². The zero-order chi connectivity index (χ0) is 16.6. The van der Waals surface area contributed by atoms with Gasteiger partial charge in [-0.3, -0.25) is 0 Å². The van der Waals surface area contributed by atoms with E-state index in [-0.39, 0.29) is 5.54 Å². The molecule has 1 rings (SSSR count). The predicted octanol–water partition coefficient (Wildman–Crippen LogP) is 4.78. The highest BCUT2D eigenvalue weighted by Gasteiger charge is 2.13. The van der Waals surface area contributed by atoms with Crippen molar-refractivity contribution in [1.82, 2.24) is 5.32 Å². The molecule has 0 radical (unpaired) electrons. The summed E-state index contributed by atoms with van der Waals surface area (Å²) in [5, 5.41) is 3.44. The van der Waals surface area contributed by atoms with Crippen molar-refractivity contribution in [3.05, 3.63) is 35.4 Å². The molecule has 0 aliphatic rings. The normalized spacial score (nSPS) is 13.6. The van der Waals surface area contributed by atoms with Crippen LogP contribution in [0.5, 0.6) is 0 Å². The van der Waals surface area contributed by atoms with Crippen LogP contribution >= 0.6 is 0 Å². The van der Waals surface area contributed by atoms with Crippen LogP contribution in [0.25, 0.3) is 0 Å². The molecule has 2 heteroatoms. The number of hydrogen-bond donors (Lipinski definition) is 1. The van der Waals surface area contributed by atoms with Crippen LogP contribution in [0.3, 0.4) is 0 Å². The van der Waals surface area contributed by atoms with Gasteiger partial charge in [0, 0.05) is 12.1 Å². The Bertz CT molecular complexity index is 420. The molecule has 0 aromatic heterocycles. The lowest BCUT2D eigenvalue weighted by atomic mass is 9.85. The molecule has 1 atom stereocenters. The van der Waals surface area contributed by atoms with Crippen molar-refractivity contribution in [1.29, 1.82) is 0 Å². The molecular weight excluding hydrogens is 270 g/mol. The van der Waals surface area contributed by atoms with E-state index in [9.17, 15) is 0 Å². The zero-order valence-electron chi connectivity index (χ0n) is 15.4. The van der Waals surface area contributed by atoms with Gasteiger partial charge in [-0.25, -0.2) is 0 Å². The monoisotopic (exact) mass is 305 g/mol. The van der Waals surface area contributed by atoms with Crippen LogP contribution < -0.4 is 5.32 Å². The standard InChI is InChI=1S/C20H35NO/c1-7-19(16(2)3)18-10-8-9-17(15-18)11-13-22-14-12-21-20(4,5)6/h8-10,15-16,19,21H,7,11-14H2,1-6H3. The lowest BCUT2D eigenvalue weighted by Gasteiger charge is -2.21. The first-order valence-electron chi connectivity index (χ1n) is 8.75. The van der Waals surface area contributed by atoms with E-state index in [0.29, 0.717) is 11.8 Å². The predicted molar refractivity (Wildman–Crippen MR) is 96.6 cm³/mol. The van der Waals surface area contributed by atoms with Gasteiger partial charge in [0.05, 0.1) is 13.2 Å². The average Bonchev–Trinajstić information content (AvgIpc) is 2.42. The molecular formula is C20H35NO. The average molecular weight is 306 g/mol. The molecule has 1 N–H and O–H groups in total. The van der Waals surface area contributed by atoms with Gasteiger partial charge in [0.1, 0.15) is 0 Å². The molecule has 0 heterocycles. The molecule has 0 amide bonds. The molecule has 1 aromatic carbocycles. The van der Waals surface area contributed by atoms with E-state index in [1.807, 2.05) is 0 Å². The van der Waals surface area contributed by atoms with Crippen molar-refractivity contribution in [2.45, 2.75) is 65.8 Å². The van der Waals surface area contributed by atoms with Crippen molar-refractivity contribution in [2.75, 3.05) is 19.8 Å². The summed E-state index contributed by atoms with van der Waals surface area (Å²) in [5.41, 5.74) is 3.04. The van der Waals surface area contributed by atoms with Crippen molar-refractivity contribution in [3.63, 3.8) is 0 Å². The van der Waals surface area contributed by atoms with Crippen molar-refractivity contribution in [2.24, 2.45) is 5.92 Å². The maximum absolute atomic E-state index is 5.74. The van der Waals surface area contributed by atoms with Crippen molar-refractivity contribution < 1.29 is 4.74 Å². The van der Waals surface area contributed by atoms with Gasteiger partial charge in [-0.15, -0.1) is 0 Å². The Balaban J connectivity index is 2.38. The van der Waals surface area contributed by atoms with Gasteiger partial charge < -0.3 is 10.1 Å². The molecule has 0 spiro atoms. The molecule has 2 nitrogen and oxygen atoms in total. The van der Waals surface area contributed by atoms with Crippen LogP contribution in [0.4, 0.5) is 0 Å². The van der Waals surface area contributed by atoms with E-state index < -0.39 is 0 Å². The van der Waals surface area contributed by atoms with Gasteiger partial charge in [-0.1, -0.05) is 45.0 Å². The quantitative estimate of drug-likeness (QED) is 0.663. The fraction of sp³-hybridized carbons (Fsp3) is 0.700. The molecule has 0 saturated carbocycles. The fourth-order valence-corrected chi connectivity index (χ4v) is 2.86. The Morgan fingerprint density at radius 1 is 1.14 bits per heavy atom. The summed E-state index contributed by atoms with van der Waals surface area (Å²) < 4.78 is 5.74. The Kier molecular flexibility index (Phi) is 8.13. The van der Waals surface area contributed by atoms with Crippen LogP contribution in [-0.2, 0) is 11.2 Å². The number of nitrogens with one attached hydrogen (secondary N) is 1. The second-order valence-electron chi connectivity index (χ2n) is 7.54. The molecule has 126 valence electrons. The molecule has 1 aromatic rings. The van der Waals surface area contributed by atoms with Crippen molar-refractivity contribution >= 4 is 0 Å². The summed E-state index contributed by atoms with van der Waals surface area (Å²) in [7, 11) is 0. The van der Waals surface area contributed by atoms with Gasteiger partial charge in [0.25, 0.3) is 0 Å². The maximum Gasteiger partial charge on any atom is 0.0591 e. The minimum Gasteiger partial charge on any atom is -0.380 e. The Morgan fingerprint density at radius 2 is 1.86 bits per heavy atom. The smallest absolute Gasteiger partial charge is 0.0591 e. The highest BCUT2D eigenvalue weighted by atomic mass is 16.5. The second-order valence-corrected chi connectivity index (χ2v) is 7.54. The fourth-order valence-electron chi connectivity index (χ4n) is 2.86. The van der Waals surface area contributed by atoms with Gasteiger partial charge in [0.2, 0.25) is 0 Å². The molecule has 0 saturated heterocycles. The summed E-state index contributed by atoms with van der Waals surface area (Å²) in [6.07, 6.45) is 2.20. The molecule has 0 aliphatic heterocycles. The Hall–Kier alpha value is -0.860. The van der Waals surface area contributed by atoms with Crippen LogP contribution in [-0.4, -0.2) is 25.3 Å². The van der Waals surface area contributed by atoms with Crippen LogP contribution in [0.1, 0.15) is 65.0 Å². The van der Waals surface area contributed by atoms with E-state index in [0.717, 1.165) is 26.2 Å². The Morgan fingerprint density at radius 3 is 2.45 bits per heavy atom. The topological polar surface area (TPSA) is 21.3 Å². The van der Waals surface area contributed by atoms with E-state index >= 15 is 0 Å². The zero-order valence-corrected chi connectivity index (χ0v) is 15.4. The second kappa shape index (κ2) is 9.32. The first-order chi connectivity index (χ1) is 10.3. The van der Waals surface area contributed by atoms with Gasteiger partial charge in [-0.2, -0.15) is 0 Å². The van der Waals surface area contributed by atoms with Crippen LogP contribution in [0.2, 0.25) is 0 Å². The summed E-state index contributed by atoms with van der Waals surface area (Å²) in [6, 6.07) is 9.04. The van der Waals surface area contributed by atoms with E-state index in [1.165, 1.54) is 17.5 Å². The van der Waals surface area contributed by atoms with E-state index in [1.54, 1.807) is 0 Å². The lowest BCUT2D eigenvalue weighted by Crippen LogP contribution is -2.38. The van der Waals surface area contributed by atoms with Gasteiger partial charge in [0.15, 0.2) is 0 Å². The maximum atomic E-state index is 5.74. The SMILES string of the molecule is CCC(c1cccc(CCOCCNC(C)(C)C)c1)C(C)C. The molecule has 0 bridgehead atoms. The Labute approximate surface area is 137 Å². The van der Waals surface area contributed by atoms with E-state index in [2.05, 4.69) is 71.1 Å². The number of ether oxygens (including phenoxy) is 1. The van der Waals surface area contributed by atoms with Crippen LogP contribution in [0, 0.1) is 5.92 Å². The summed E-state index contributed by atoms with van der Waals surface area (Å²) in [4.78, 5) is 0. The largest absolute Gasteiger partial charge is 0.380 e. The highest BCUT2D eigenvalue weighted by molar-refractivity contribution is 5.27. The third-order valence-electron chi connectivity index (χ3n) is 4.06. The number of rotatable bonds is 9. The molecule has 22 heavy (non-hydrogen) atoms. The summed E-state index contributed by atoms with van der Waals surface area (Å²) in [5.74, 6) is 1.36. The number of hydrogen-bond acceptors (Lipinski definition) is 2. The number of benzene rings is 1. The first kappa shape index (κ1) is 19.2. The highest BCUT2D eigenvalue weighted by Crippen LogP contribution is 2.28. The van der Waals surface area contributed by atoms with E-state index in [4.69, 9.17) is 4.74 Å². The summed E-state index contributed by atoms with van der Waals surface area (Å²) in [6.45, 7) is 15.9. The first-order valence-corrected chi connectivity index (χ1v) is 8.75. The van der Waals surface area contributed by atoms with Gasteiger partial charge >= 0.3 is 0 Å². The molecule has 0 fully saturated rings. The molecule has 1 unspecified atom stereocenters. The third kappa shape index (κ3) is 7.42. The minimum atomic E-state index is 0.170. The summed E-state index contributed by atoms with van der Waals surface area (Å²) >= 11 is 0. The lowest BCUT2D eigenvalue weighted by molar-refractivity contribution is 0.133. The van der Waals surface area contributed by atoms with Crippen molar-refractivity contribution in [3.8, 4) is 0 Å². The van der Waals surface area contributed by atoms with Crippen LogP contribution in [0.15, 0.2) is 24.3 Å². The third-order valence-corrected chi connectivity index (χ3v) is 4.06.